The van der Waals surface area contributed by atoms with Gasteiger partial charge < -0.3 is 4.90 Å². The Balaban J connectivity index is 2.60. The van der Waals surface area contributed by atoms with Crippen molar-refractivity contribution in [2.75, 3.05) is 19.0 Å². The first-order valence-electron chi connectivity index (χ1n) is 2.80. The number of thioether (sulfide) groups is 1. The minimum atomic E-state index is -0.647. The Labute approximate surface area is 62.2 Å². The second-order valence-corrected chi connectivity index (χ2v) is 2.90. The molecule has 0 aliphatic carbocycles. The van der Waals surface area contributed by atoms with Crippen LogP contribution in [-0.2, 0) is 14.7 Å². The molecule has 10 heavy (non-hydrogen) atoms. The van der Waals surface area contributed by atoms with Crippen molar-refractivity contribution in [2.45, 2.75) is 0 Å². The third-order valence-electron chi connectivity index (χ3n) is 1.21. The van der Waals surface area contributed by atoms with Gasteiger partial charge in [0.25, 0.3) is 5.12 Å². The van der Waals surface area contributed by atoms with Crippen LogP contribution in [0.5, 0.6) is 0 Å². The van der Waals surface area contributed by atoms with Crippen molar-refractivity contribution in [1.82, 2.24) is 4.90 Å². The molecule has 0 atom stereocenters. The lowest BCUT2D eigenvalue weighted by atomic mass is 10.5. The van der Waals surface area contributed by atoms with E-state index in [2.05, 4.69) is 0 Å². The van der Waals surface area contributed by atoms with E-state index in [9.17, 15) is 14.7 Å². The van der Waals surface area contributed by atoms with Gasteiger partial charge in [-0.2, -0.15) is 0 Å². The molecule has 5 heteroatoms. The average molecular weight is 160 g/mol. The Kier molecular flexibility index (Phi) is 2.29. The highest BCUT2D eigenvalue weighted by atomic mass is 32.2. The summed E-state index contributed by atoms with van der Waals surface area (Å²) in [6, 6.07) is 0. The van der Waals surface area contributed by atoms with E-state index in [-0.39, 0.29) is 0 Å². The molecule has 0 unspecified atom stereocenters. The van der Waals surface area contributed by atoms with Gasteiger partial charge >= 0.3 is 5.91 Å². The first-order valence-corrected chi connectivity index (χ1v) is 3.78. The fourth-order valence-electron chi connectivity index (χ4n) is 0.664. The van der Waals surface area contributed by atoms with E-state index < -0.39 is 17.8 Å². The quantitative estimate of drug-likeness (QED) is 0.485. The maximum Gasteiger partial charge on any atom is 0.303 e. The van der Waals surface area contributed by atoms with Gasteiger partial charge in [0.15, 0.2) is 6.73 Å². The summed E-state index contributed by atoms with van der Waals surface area (Å²) in [4.78, 5) is 22.3. The normalized spacial score (nSPS) is 19.9. The highest BCUT2D eigenvalue weighted by molar-refractivity contribution is 8.15. The van der Waals surface area contributed by atoms with E-state index in [0.29, 0.717) is 12.3 Å². The predicted octanol–water partition coefficient (Wildman–Crippen LogP) is -0.524. The molecule has 0 N–H and O–H groups in total. The summed E-state index contributed by atoms with van der Waals surface area (Å²) >= 11 is 0.976. The van der Waals surface area contributed by atoms with Gasteiger partial charge in [-0.3, -0.25) is 9.59 Å². The SMILES string of the molecule is [O]CN1CCSC(=O)C1=O. The number of carbonyl (C=O) groups excluding carboxylic acids is 2. The molecular weight excluding hydrogens is 154 g/mol. The molecule has 0 aromatic heterocycles. The molecule has 1 amide bonds. The molecule has 4 nitrogen and oxygen atoms in total. The molecule has 1 fully saturated rings. The number of hydrogen-bond acceptors (Lipinski definition) is 3. The Morgan fingerprint density at radius 3 is 2.70 bits per heavy atom. The van der Waals surface area contributed by atoms with Gasteiger partial charge in [-0.25, -0.2) is 5.11 Å². The van der Waals surface area contributed by atoms with Crippen LogP contribution in [0.25, 0.3) is 0 Å². The van der Waals surface area contributed by atoms with Crippen molar-refractivity contribution in [3.63, 3.8) is 0 Å². The summed E-state index contributed by atoms with van der Waals surface area (Å²) in [5.74, 6) is -0.0986. The zero-order chi connectivity index (χ0) is 7.56. The first kappa shape index (κ1) is 7.56. The summed E-state index contributed by atoms with van der Waals surface area (Å²) < 4.78 is 0. The summed E-state index contributed by atoms with van der Waals surface area (Å²) in [5.41, 5.74) is 0. The van der Waals surface area contributed by atoms with Crippen molar-refractivity contribution < 1.29 is 14.7 Å². The van der Waals surface area contributed by atoms with Gasteiger partial charge in [-0.05, 0) is 0 Å². The molecule has 0 aromatic rings. The molecule has 1 rings (SSSR count). The van der Waals surface area contributed by atoms with Gasteiger partial charge in [-0.15, -0.1) is 0 Å². The van der Waals surface area contributed by atoms with Crippen LogP contribution in [0.1, 0.15) is 0 Å². The summed E-state index contributed by atoms with van der Waals surface area (Å²) in [6.07, 6.45) is 0. The van der Waals surface area contributed by atoms with Gasteiger partial charge in [0.05, 0.1) is 0 Å². The van der Waals surface area contributed by atoms with Crippen LogP contribution >= 0.6 is 11.8 Å². The molecule has 0 aromatic carbocycles. The molecule has 0 bridgehead atoms. The van der Waals surface area contributed by atoms with E-state index in [1.807, 2.05) is 0 Å². The highest BCUT2D eigenvalue weighted by Gasteiger charge is 2.26. The molecule has 1 radical (unpaired) electrons. The summed E-state index contributed by atoms with van der Waals surface area (Å²) in [5, 5.41) is 9.67. The van der Waals surface area contributed by atoms with Crippen molar-refractivity contribution in [2.24, 2.45) is 0 Å². The molecule has 1 aliphatic heterocycles. The van der Waals surface area contributed by atoms with E-state index in [0.717, 1.165) is 16.7 Å². The van der Waals surface area contributed by atoms with Crippen LogP contribution in [0.2, 0.25) is 0 Å². The second-order valence-electron chi connectivity index (χ2n) is 1.83. The standard InChI is InChI=1S/C5H6NO3S/c7-3-6-1-2-10-5(9)4(6)8/h1-3H2. The largest absolute Gasteiger partial charge is 0.308 e. The third kappa shape index (κ3) is 1.30. The molecular formula is C5H6NO3S. The Morgan fingerprint density at radius 1 is 1.50 bits per heavy atom. The minimum Gasteiger partial charge on any atom is -0.308 e. The molecule has 1 heterocycles. The van der Waals surface area contributed by atoms with E-state index >= 15 is 0 Å². The lowest BCUT2D eigenvalue weighted by molar-refractivity contribution is -0.144. The van der Waals surface area contributed by atoms with Gasteiger partial charge in [0.2, 0.25) is 0 Å². The number of amides is 1. The second kappa shape index (κ2) is 3.03. The first-order chi connectivity index (χ1) is 4.75. The van der Waals surface area contributed by atoms with Crippen LogP contribution in [0.15, 0.2) is 0 Å². The van der Waals surface area contributed by atoms with Crippen LogP contribution in [0, 0.1) is 0 Å². The lowest BCUT2D eigenvalue weighted by Gasteiger charge is -2.21. The molecule has 1 aliphatic rings. The Hall–Kier alpha value is -0.550. The maximum atomic E-state index is 10.7. The molecule has 0 saturated carbocycles. The fraction of sp³-hybridized carbons (Fsp3) is 0.600. The summed E-state index contributed by atoms with van der Waals surface area (Å²) in [7, 11) is 0. The fourth-order valence-corrected chi connectivity index (χ4v) is 1.41. The monoisotopic (exact) mass is 160 g/mol. The number of carbonyl (C=O) groups is 2. The van der Waals surface area contributed by atoms with Crippen LogP contribution in [0.4, 0.5) is 0 Å². The topological polar surface area (TPSA) is 57.3 Å². The average Bonchev–Trinajstić information content (AvgIpc) is 1.95. The maximum absolute atomic E-state index is 10.7. The van der Waals surface area contributed by atoms with Gasteiger partial charge in [-0.1, -0.05) is 11.8 Å². The Bertz CT molecular complexity index is 170. The smallest absolute Gasteiger partial charge is 0.303 e. The van der Waals surface area contributed by atoms with E-state index in [1.165, 1.54) is 0 Å². The Morgan fingerprint density at radius 2 is 2.20 bits per heavy atom. The van der Waals surface area contributed by atoms with Crippen molar-refractivity contribution in [3.05, 3.63) is 0 Å². The van der Waals surface area contributed by atoms with Crippen molar-refractivity contribution in [3.8, 4) is 0 Å². The molecule has 1 saturated heterocycles. The van der Waals surface area contributed by atoms with E-state index in [4.69, 9.17) is 0 Å². The number of rotatable bonds is 1. The van der Waals surface area contributed by atoms with E-state index in [1.54, 1.807) is 0 Å². The number of hydrogen-bond donors (Lipinski definition) is 0. The lowest BCUT2D eigenvalue weighted by Crippen LogP contribution is -2.41. The van der Waals surface area contributed by atoms with Gasteiger partial charge in [0, 0.05) is 12.3 Å². The molecule has 55 valence electrons. The number of nitrogens with zero attached hydrogens (tertiary/aromatic N) is 1. The zero-order valence-electron chi connectivity index (χ0n) is 5.20. The predicted molar refractivity (Wildman–Crippen MR) is 34.7 cm³/mol. The third-order valence-corrected chi connectivity index (χ3v) is 2.04. The van der Waals surface area contributed by atoms with Crippen molar-refractivity contribution in [1.29, 1.82) is 0 Å². The highest BCUT2D eigenvalue weighted by Crippen LogP contribution is 2.11. The summed E-state index contributed by atoms with van der Waals surface area (Å²) in [6.45, 7) is -0.204. The van der Waals surface area contributed by atoms with Crippen molar-refractivity contribution >= 4 is 22.8 Å². The zero-order valence-corrected chi connectivity index (χ0v) is 6.02. The minimum absolute atomic E-state index is 0.402. The van der Waals surface area contributed by atoms with Gasteiger partial charge in [0.1, 0.15) is 0 Å². The van der Waals surface area contributed by atoms with Crippen LogP contribution in [-0.4, -0.2) is 35.0 Å². The molecule has 0 spiro atoms. The van der Waals surface area contributed by atoms with Crippen LogP contribution in [0.3, 0.4) is 0 Å². The van der Waals surface area contributed by atoms with Crippen LogP contribution < -0.4 is 0 Å².